The van der Waals surface area contributed by atoms with Crippen LogP contribution >= 0.6 is 34.7 Å². The number of furan rings is 1. The van der Waals surface area contributed by atoms with Crippen LogP contribution in [-0.2, 0) is 5.75 Å². The zero-order chi connectivity index (χ0) is 23.2. The van der Waals surface area contributed by atoms with Gasteiger partial charge in [0.05, 0.1) is 22.7 Å². The molecule has 7 nitrogen and oxygen atoms in total. The van der Waals surface area contributed by atoms with E-state index in [-0.39, 0.29) is 5.91 Å². The molecule has 4 rings (SSSR count). The number of rotatable bonds is 10. The number of amides is 1. The molecule has 172 valence electrons. The van der Waals surface area contributed by atoms with Gasteiger partial charge in [0.1, 0.15) is 10.7 Å². The van der Waals surface area contributed by atoms with Crippen molar-refractivity contribution in [2.75, 3.05) is 13.1 Å². The van der Waals surface area contributed by atoms with Crippen LogP contribution in [0.2, 0.25) is 5.02 Å². The quantitative estimate of drug-likeness (QED) is 0.241. The predicted octanol–water partition coefficient (Wildman–Crippen LogP) is 6.19. The summed E-state index contributed by atoms with van der Waals surface area (Å²) in [5.41, 5.74) is 1.27. The van der Waals surface area contributed by atoms with Crippen LogP contribution in [0.15, 0.2) is 57.6 Å². The summed E-state index contributed by atoms with van der Waals surface area (Å²) in [7, 11) is 0. The molecule has 4 aromatic rings. The minimum absolute atomic E-state index is 0.00876. The third-order valence-electron chi connectivity index (χ3n) is 4.84. The Kier molecular flexibility index (Phi) is 7.85. The lowest BCUT2D eigenvalue weighted by Crippen LogP contribution is -2.32. The van der Waals surface area contributed by atoms with Gasteiger partial charge in [0.2, 0.25) is 5.82 Å². The number of hydrogen-bond donors (Lipinski definition) is 0. The van der Waals surface area contributed by atoms with Crippen LogP contribution in [0.4, 0.5) is 0 Å². The minimum Gasteiger partial charge on any atom is -0.461 e. The van der Waals surface area contributed by atoms with Crippen molar-refractivity contribution in [3.05, 3.63) is 63.8 Å². The van der Waals surface area contributed by atoms with Gasteiger partial charge in [-0.2, -0.15) is 0 Å². The second-order valence-electron chi connectivity index (χ2n) is 7.28. The van der Waals surface area contributed by atoms with Crippen molar-refractivity contribution in [3.63, 3.8) is 0 Å². The first kappa shape index (κ1) is 23.5. The fourth-order valence-electron chi connectivity index (χ4n) is 3.40. The molecule has 0 aliphatic heterocycles. The van der Waals surface area contributed by atoms with E-state index in [2.05, 4.69) is 29.0 Å². The zero-order valence-corrected chi connectivity index (χ0v) is 20.8. The van der Waals surface area contributed by atoms with Crippen molar-refractivity contribution in [2.24, 2.45) is 0 Å². The summed E-state index contributed by atoms with van der Waals surface area (Å²) in [6.45, 7) is 5.63. The molecule has 33 heavy (non-hydrogen) atoms. The molecule has 0 fully saturated rings. The number of benzene rings is 1. The number of thioether (sulfide) groups is 1. The second-order valence-corrected chi connectivity index (χ2v) is 9.57. The summed E-state index contributed by atoms with van der Waals surface area (Å²) < 4.78 is 7.45. The summed E-state index contributed by atoms with van der Waals surface area (Å²) in [5.74, 6) is 1.72. The number of carbonyl (C=O) groups excluding carboxylic acids is 1. The Morgan fingerprint density at radius 1 is 1.15 bits per heavy atom. The largest absolute Gasteiger partial charge is 0.461 e. The molecule has 3 aromatic heterocycles. The average Bonchev–Trinajstić information content (AvgIpc) is 3.58. The van der Waals surface area contributed by atoms with Crippen molar-refractivity contribution >= 4 is 40.6 Å². The van der Waals surface area contributed by atoms with E-state index in [4.69, 9.17) is 16.0 Å². The summed E-state index contributed by atoms with van der Waals surface area (Å²) in [6.07, 6.45) is 3.45. The Morgan fingerprint density at radius 3 is 2.64 bits per heavy atom. The SMILES string of the molecule is CCCN(CCC)C(=O)c1csc(CSc2nnc(-c3ccco3)n2-c2ccccc2Cl)n1. The smallest absolute Gasteiger partial charge is 0.273 e. The standard InChI is InChI=1S/C23H24ClN5O2S2/c1-3-11-28(12-4-2)22(30)17-14-32-20(25-17)15-33-23-27-26-21(19-10-7-13-31-19)29(23)18-9-6-5-8-16(18)24/h5-10,13-14H,3-4,11-12,15H2,1-2H3. The first-order valence-corrected chi connectivity index (χ1v) is 13.0. The van der Waals surface area contributed by atoms with E-state index >= 15 is 0 Å². The molecule has 0 saturated heterocycles. The van der Waals surface area contributed by atoms with E-state index in [0.717, 1.165) is 36.6 Å². The summed E-state index contributed by atoms with van der Waals surface area (Å²) in [6, 6.07) is 11.2. The Labute approximate surface area is 205 Å². The lowest BCUT2D eigenvalue weighted by Gasteiger charge is -2.20. The number of hydrogen-bond acceptors (Lipinski definition) is 7. The number of thiazole rings is 1. The van der Waals surface area contributed by atoms with Crippen LogP contribution in [0.5, 0.6) is 0 Å². The maximum Gasteiger partial charge on any atom is 0.273 e. The van der Waals surface area contributed by atoms with Gasteiger partial charge in [-0.15, -0.1) is 21.5 Å². The Hall–Kier alpha value is -2.62. The van der Waals surface area contributed by atoms with Gasteiger partial charge in [0.25, 0.3) is 5.91 Å². The highest BCUT2D eigenvalue weighted by Gasteiger charge is 2.21. The molecule has 0 unspecified atom stereocenters. The van der Waals surface area contributed by atoms with Crippen molar-refractivity contribution in [2.45, 2.75) is 37.6 Å². The second kappa shape index (κ2) is 11.0. The summed E-state index contributed by atoms with van der Waals surface area (Å²) in [4.78, 5) is 19.3. The third kappa shape index (κ3) is 5.31. The van der Waals surface area contributed by atoms with E-state index in [1.54, 1.807) is 6.26 Å². The summed E-state index contributed by atoms with van der Waals surface area (Å²) >= 11 is 9.46. The topological polar surface area (TPSA) is 77.0 Å². The lowest BCUT2D eigenvalue weighted by atomic mass is 10.3. The van der Waals surface area contributed by atoms with Gasteiger partial charge in [-0.3, -0.25) is 9.36 Å². The Bertz CT molecular complexity index is 1200. The maximum atomic E-state index is 12.8. The molecule has 1 aromatic carbocycles. The molecular formula is C23H24ClN5O2S2. The molecule has 0 atom stereocenters. The molecule has 3 heterocycles. The van der Waals surface area contributed by atoms with E-state index in [9.17, 15) is 4.79 Å². The molecule has 10 heteroatoms. The van der Waals surface area contributed by atoms with Crippen LogP contribution in [0.25, 0.3) is 17.3 Å². The highest BCUT2D eigenvalue weighted by Crippen LogP contribution is 2.33. The Morgan fingerprint density at radius 2 is 1.94 bits per heavy atom. The maximum absolute atomic E-state index is 12.8. The van der Waals surface area contributed by atoms with Crippen LogP contribution in [0.3, 0.4) is 0 Å². The molecule has 0 N–H and O–H groups in total. The van der Waals surface area contributed by atoms with Gasteiger partial charge in [0.15, 0.2) is 10.9 Å². The Balaban J connectivity index is 1.56. The van der Waals surface area contributed by atoms with E-state index in [1.165, 1.54) is 23.1 Å². The van der Waals surface area contributed by atoms with Crippen molar-refractivity contribution in [1.29, 1.82) is 0 Å². The lowest BCUT2D eigenvalue weighted by molar-refractivity contribution is 0.0750. The van der Waals surface area contributed by atoms with Crippen LogP contribution in [-0.4, -0.2) is 43.6 Å². The fourth-order valence-corrected chi connectivity index (χ4v) is 5.35. The van der Waals surface area contributed by atoms with Crippen molar-refractivity contribution in [3.8, 4) is 17.3 Å². The number of nitrogens with zero attached hydrogens (tertiary/aromatic N) is 5. The number of carbonyl (C=O) groups is 1. The van der Waals surface area contributed by atoms with Crippen LogP contribution < -0.4 is 0 Å². The van der Waals surface area contributed by atoms with E-state index in [0.29, 0.717) is 33.2 Å². The summed E-state index contributed by atoms with van der Waals surface area (Å²) in [5, 5.41) is 12.7. The van der Waals surface area contributed by atoms with Gasteiger partial charge < -0.3 is 9.32 Å². The van der Waals surface area contributed by atoms with Gasteiger partial charge >= 0.3 is 0 Å². The van der Waals surface area contributed by atoms with Crippen molar-refractivity contribution < 1.29 is 9.21 Å². The minimum atomic E-state index is -0.00876. The van der Waals surface area contributed by atoms with E-state index in [1.807, 2.05) is 51.2 Å². The van der Waals surface area contributed by atoms with Gasteiger partial charge in [0, 0.05) is 18.5 Å². The number of aromatic nitrogens is 4. The van der Waals surface area contributed by atoms with Crippen LogP contribution in [0, 0.1) is 0 Å². The average molecular weight is 502 g/mol. The highest BCUT2D eigenvalue weighted by molar-refractivity contribution is 7.98. The molecule has 1 amide bonds. The first-order valence-electron chi connectivity index (χ1n) is 10.7. The molecule has 0 spiro atoms. The monoisotopic (exact) mass is 501 g/mol. The zero-order valence-electron chi connectivity index (χ0n) is 18.4. The fraction of sp³-hybridized carbons (Fsp3) is 0.304. The normalized spacial score (nSPS) is 11.1. The van der Waals surface area contributed by atoms with E-state index < -0.39 is 0 Å². The molecule has 0 aliphatic carbocycles. The third-order valence-corrected chi connectivity index (χ3v) is 7.13. The first-order chi connectivity index (χ1) is 16.1. The van der Waals surface area contributed by atoms with Gasteiger partial charge in [-0.1, -0.05) is 49.3 Å². The van der Waals surface area contributed by atoms with Crippen molar-refractivity contribution in [1.82, 2.24) is 24.6 Å². The molecule has 0 radical (unpaired) electrons. The molecule has 0 saturated carbocycles. The van der Waals surface area contributed by atoms with Crippen LogP contribution in [0.1, 0.15) is 42.2 Å². The number of para-hydroxylation sites is 1. The highest BCUT2D eigenvalue weighted by atomic mass is 35.5. The molecule has 0 bridgehead atoms. The number of halogens is 1. The van der Waals surface area contributed by atoms with Gasteiger partial charge in [-0.25, -0.2) is 4.98 Å². The molecule has 0 aliphatic rings. The molecular weight excluding hydrogens is 478 g/mol. The van der Waals surface area contributed by atoms with Gasteiger partial charge in [-0.05, 0) is 37.1 Å². The predicted molar refractivity (Wildman–Crippen MR) is 132 cm³/mol.